The average molecular weight is 359 g/mol. The van der Waals surface area contributed by atoms with Gasteiger partial charge in [0.1, 0.15) is 5.69 Å². The van der Waals surface area contributed by atoms with E-state index in [0.717, 1.165) is 5.69 Å². The molecule has 0 unspecified atom stereocenters. The molecule has 0 aliphatic heterocycles. The van der Waals surface area contributed by atoms with Gasteiger partial charge in [-0.15, -0.1) is 0 Å². The molecule has 1 N–H and O–H groups in total. The van der Waals surface area contributed by atoms with Gasteiger partial charge < -0.3 is 10.1 Å². The molecule has 26 heavy (non-hydrogen) atoms. The van der Waals surface area contributed by atoms with E-state index in [0.29, 0.717) is 12.1 Å². The van der Waals surface area contributed by atoms with Crippen LogP contribution in [0, 0.1) is 6.92 Å². The summed E-state index contributed by atoms with van der Waals surface area (Å²) < 4.78 is 8.24. The number of aromatic nitrogens is 2. The molecule has 0 atom stereocenters. The van der Waals surface area contributed by atoms with Crippen LogP contribution in [0.5, 0.6) is 0 Å². The summed E-state index contributed by atoms with van der Waals surface area (Å²) >= 11 is 0. The highest BCUT2D eigenvalue weighted by Crippen LogP contribution is 2.14. The van der Waals surface area contributed by atoms with E-state index in [1.807, 2.05) is 30.3 Å². The summed E-state index contributed by atoms with van der Waals surface area (Å²) in [6, 6.07) is 9.22. The Hall–Kier alpha value is -2.83. The van der Waals surface area contributed by atoms with Crippen molar-refractivity contribution in [1.82, 2.24) is 9.36 Å². The number of esters is 1. The Bertz CT molecular complexity index is 834. The summed E-state index contributed by atoms with van der Waals surface area (Å²) in [4.78, 5) is 36.4. The molecule has 1 aromatic heterocycles. The largest absolute Gasteiger partial charge is 0.463 e. The number of para-hydroxylation sites is 1. The van der Waals surface area contributed by atoms with Crippen LogP contribution < -0.4 is 10.9 Å². The van der Waals surface area contributed by atoms with E-state index in [9.17, 15) is 14.4 Å². The van der Waals surface area contributed by atoms with Crippen LogP contribution in [0.3, 0.4) is 0 Å². The van der Waals surface area contributed by atoms with E-state index in [1.54, 1.807) is 32.5 Å². The van der Waals surface area contributed by atoms with Gasteiger partial charge in [0.25, 0.3) is 5.56 Å². The summed E-state index contributed by atoms with van der Waals surface area (Å²) in [6.45, 7) is 5.33. The van der Waals surface area contributed by atoms with E-state index >= 15 is 0 Å². The Balaban J connectivity index is 2.05. The van der Waals surface area contributed by atoms with Crippen LogP contribution in [-0.2, 0) is 21.4 Å². The maximum atomic E-state index is 12.7. The number of amides is 1. The van der Waals surface area contributed by atoms with Crippen LogP contribution in [0.2, 0.25) is 0 Å². The van der Waals surface area contributed by atoms with Crippen molar-refractivity contribution in [3.8, 4) is 5.69 Å². The topological polar surface area (TPSA) is 82.3 Å². The van der Waals surface area contributed by atoms with Gasteiger partial charge in [-0.25, -0.2) is 4.68 Å². The Morgan fingerprint density at radius 2 is 1.81 bits per heavy atom. The first kappa shape index (κ1) is 19.5. The lowest BCUT2D eigenvalue weighted by Gasteiger charge is -2.07. The van der Waals surface area contributed by atoms with Crippen LogP contribution in [-0.4, -0.2) is 27.3 Å². The maximum Gasteiger partial charge on any atom is 0.306 e. The number of ether oxygens (including phenoxy) is 1. The standard InChI is InChI=1S/C19H25N3O4/c1-13(2)26-17(24)12-8-11-16(23)20-18-14(3)21(4)22(19(18)25)15-9-6-5-7-10-15/h5-7,9-10,13H,8,11-12H2,1-4H3,(H,20,23). The summed E-state index contributed by atoms with van der Waals surface area (Å²) in [6.07, 6.45) is 0.524. The Labute approximate surface area is 152 Å². The van der Waals surface area contributed by atoms with Crippen LogP contribution in [0.25, 0.3) is 5.69 Å². The number of carbonyl (C=O) groups is 2. The molecule has 0 spiro atoms. The second-order valence-electron chi connectivity index (χ2n) is 6.38. The molecule has 0 aliphatic carbocycles. The molecule has 1 aromatic carbocycles. The first-order chi connectivity index (χ1) is 12.3. The number of rotatable bonds is 7. The minimum absolute atomic E-state index is 0.145. The van der Waals surface area contributed by atoms with Gasteiger partial charge in [-0.05, 0) is 39.3 Å². The van der Waals surface area contributed by atoms with Gasteiger partial charge in [0, 0.05) is 19.9 Å². The SMILES string of the molecule is Cc1c(NC(=O)CCCC(=O)OC(C)C)c(=O)n(-c2ccccc2)n1C. The van der Waals surface area contributed by atoms with Crippen molar-refractivity contribution >= 4 is 17.6 Å². The predicted octanol–water partition coefficient (Wildman–Crippen LogP) is 2.54. The second-order valence-corrected chi connectivity index (χ2v) is 6.38. The fourth-order valence-electron chi connectivity index (χ4n) is 2.63. The van der Waals surface area contributed by atoms with Gasteiger partial charge in [-0.2, -0.15) is 0 Å². The van der Waals surface area contributed by atoms with Crippen molar-refractivity contribution in [1.29, 1.82) is 0 Å². The molecule has 1 heterocycles. The number of nitrogens with one attached hydrogen (secondary N) is 1. The second kappa shape index (κ2) is 8.51. The first-order valence-corrected chi connectivity index (χ1v) is 8.64. The summed E-state index contributed by atoms with van der Waals surface area (Å²) in [5.74, 6) is -0.622. The van der Waals surface area contributed by atoms with Gasteiger partial charge in [0.2, 0.25) is 5.91 Å². The summed E-state index contributed by atoms with van der Waals surface area (Å²) in [7, 11) is 1.77. The Kier molecular flexibility index (Phi) is 6.38. The Morgan fingerprint density at radius 1 is 1.15 bits per heavy atom. The van der Waals surface area contributed by atoms with E-state index in [-0.39, 0.29) is 42.1 Å². The molecule has 140 valence electrons. The van der Waals surface area contributed by atoms with Crippen molar-refractivity contribution in [3.05, 3.63) is 46.4 Å². The predicted molar refractivity (Wildman–Crippen MR) is 99.5 cm³/mol. The molecule has 0 aliphatic rings. The van der Waals surface area contributed by atoms with Crippen molar-refractivity contribution in [2.75, 3.05) is 5.32 Å². The average Bonchev–Trinajstić information content (AvgIpc) is 2.78. The molecule has 2 rings (SSSR count). The van der Waals surface area contributed by atoms with Crippen LogP contribution >= 0.6 is 0 Å². The van der Waals surface area contributed by atoms with E-state index in [1.165, 1.54) is 4.68 Å². The highest BCUT2D eigenvalue weighted by molar-refractivity contribution is 5.91. The fourth-order valence-corrected chi connectivity index (χ4v) is 2.63. The van der Waals surface area contributed by atoms with Gasteiger partial charge in [0.05, 0.1) is 17.5 Å². The van der Waals surface area contributed by atoms with Crippen LogP contribution in [0.4, 0.5) is 5.69 Å². The minimum atomic E-state index is -0.324. The van der Waals surface area contributed by atoms with Crippen molar-refractivity contribution in [3.63, 3.8) is 0 Å². The summed E-state index contributed by atoms with van der Waals surface area (Å²) in [5.41, 5.74) is 1.35. The molecule has 2 aromatic rings. The number of carbonyl (C=O) groups excluding carboxylic acids is 2. The van der Waals surface area contributed by atoms with Gasteiger partial charge in [-0.1, -0.05) is 18.2 Å². The van der Waals surface area contributed by atoms with E-state index < -0.39 is 0 Å². The van der Waals surface area contributed by atoms with Crippen molar-refractivity contribution in [2.45, 2.75) is 46.1 Å². The van der Waals surface area contributed by atoms with Gasteiger partial charge in [0.15, 0.2) is 0 Å². The number of hydrogen-bond donors (Lipinski definition) is 1. The fraction of sp³-hybridized carbons (Fsp3) is 0.421. The quantitative estimate of drug-likeness (QED) is 0.770. The van der Waals surface area contributed by atoms with E-state index in [4.69, 9.17) is 4.74 Å². The molecule has 1 amide bonds. The first-order valence-electron chi connectivity index (χ1n) is 8.64. The highest BCUT2D eigenvalue weighted by Gasteiger charge is 2.18. The maximum absolute atomic E-state index is 12.7. The van der Waals surface area contributed by atoms with Crippen molar-refractivity contribution < 1.29 is 14.3 Å². The zero-order valence-electron chi connectivity index (χ0n) is 15.6. The molecular weight excluding hydrogens is 334 g/mol. The monoisotopic (exact) mass is 359 g/mol. The van der Waals surface area contributed by atoms with Crippen LogP contribution in [0.1, 0.15) is 38.8 Å². The molecule has 0 fully saturated rings. The molecular formula is C19H25N3O4. The third-order valence-electron chi connectivity index (χ3n) is 3.97. The molecule has 0 radical (unpaired) electrons. The molecule has 0 bridgehead atoms. The zero-order valence-corrected chi connectivity index (χ0v) is 15.6. The number of hydrogen-bond acceptors (Lipinski definition) is 4. The Morgan fingerprint density at radius 3 is 2.42 bits per heavy atom. The van der Waals surface area contributed by atoms with Gasteiger partial charge >= 0.3 is 5.97 Å². The lowest BCUT2D eigenvalue weighted by atomic mass is 10.2. The molecule has 7 nitrogen and oxygen atoms in total. The lowest BCUT2D eigenvalue weighted by molar-refractivity contribution is -0.147. The smallest absolute Gasteiger partial charge is 0.306 e. The highest BCUT2D eigenvalue weighted by atomic mass is 16.5. The number of anilines is 1. The normalized spacial score (nSPS) is 10.8. The zero-order chi connectivity index (χ0) is 19.3. The molecule has 0 saturated carbocycles. The lowest BCUT2D eigenvalue weighted by Crippen LogP contribution is -2.23. The number of nitrogens with zero attached hydrogens (tertiary/aromatic N) is 2. The minimum Gasteiger partial charge on any atom is -0.463 e. The van der Waals surface area contributed by atoms with Gasteiger partial charge in [-0.3, -0.25) is 19.1 Å². The third kappa shape index (κ3) is 4.62. The third-order valence-corrected chi connectivity index (χ3v) is 3.97. The van der Waals surface area contributed by atoms with Crippen molar-refractivity contribution in [2.24, 2.45) is 7.05 Å². The van der Waals surface area contributed by atoms with Crippen LogP contribution in [0.15, 0.2) is 35.1 Å². The number of benzene rings is 1. The summed E-state index contributed by atoms with van der Waals surface area (Å²) in [5, 5.41) is 2.68. The molecule has 0 saturated heterocycles. The van der Waals surface area contributed by atoms with E-state index in [2.05, 4.69) is 5.32 Å². The molecule has 7 heteroatoms.